The van der Waals surface area contributed by atoms with E-state index in [0.717, 1.165) is 96.7 Å². The SMILES string of the molecule is COC(=O)NC(C(=O)N1C2CCC(CC2)C1c1ncc(-c2ccc(-c3ccc(-c4c[nH]c([C@@H]5C6CCC(CC6)N5C(=O)C(NC(=O)OC)C(C)C)n4)cc3)cc2)[nH]1)C(C)C. The summed E-state index contributed by atoms with van der Waals surface area (Å²) in [6, 6.07) is 15.2. The van der Waals surface area contributed by atoms with Crippen LogP contribution in [0, 0.1) is 23.7 Å². The second kappa shape index (κ2) is 17.1. The van der Waals surface area contributed by atoms with Crippen LogP contribution >= 0.6 is 0 Å². The summed E-state index contributed by atoms with van der Waals surface area (Å²) in [4.78, 5) is 73.4. The Balaban J connectivity index is 0.966. The van der Waals surface area contributed by atoms with Gasteiger partial charge in [-0.05, 0) is 91.7 Å². The van der Waals surface area contributed by atoms with Gasteiger partial charge in [-0.25, -0.2) is 19.6 Å². The minimum absolute atomic E-state index is 0.0862. The predicted octanol–water partition coefficient (Wildman–Crippen LogP) is 7.78. The number of piperidine rings is 4. The molecule has 4 aromatic rings. The molecule has 0 radical (unpaired) electrons. The van der Waals surface area contributed by atoms with Crippen LogP contribution in [0.5, 0.6) is 0 Å². The first-order valence-corrected chi connectivity index (χ1v) is 21.6. The third kappa shape index (κ3) is 7.88. The number of hydrogen-bond donors (Lipinski definition) is 4. The first-order chi connectivity index (χ1) is 28.9. The molecular weight excluding hydrogens is 761 g/mol. The summed E-state index contributed by atoms with van der Waals surface area (Å²) in [7, 11) is 2.62. The molecule has 6 fully saturated rings. The lowest BCUT2D eigenvalue weighted by atomic mass is 9.73. The van der Waals surface area contributed by atoms with Gasteiger partial charge >= 0.3 is 12.2 Å². The average Bonchev–Trinajstić information content (AvgIpc) is 3.98. The molecule has 14 nitrogen and oxygen atoms in total. The molecule has 0 spiro atoms. The van der Waals surface area contributed by atoms with Gasteiger partial charge in [0.25, 0.3) is 0 Å². The fraction of sp³-hybridized carbons (Fsp3) is 0.522. The molecule has 3 unspecified atom stereocenters. The van der Waals surface area contributed by atoms with Gasteiger partial charge in [0.2, 0.25) is 11.8 Å². The first-order valence-electron chi connectivity index (χ1n) is 21.6. The maximum absolute atomic E-state index is 14.1. The van der Waals surface area contributed by atoms with Crippen LogP contribution in [0.25, 0.3) is 33.6 Å². The maximum Gasteiger partial charge on any atom is 0.407 e. The topological polar surface area (TPSA) is 175 Å². The number of H-pyrrole nitrogens is 2. The lowest BCUT2D eigenvalue weighted by Crippen LogP contribution is -2.59. The highest BCUT2D eigenvalue weighted by Gasteiger charge is 2.49. The number of amides is 4. The molecule has 6 aliphatic rings. The Bertz CT molecular complexity index is 2010. The number of nitrogens with zero attached hydrogens (tertiary/aromatic N) is 4. The van der Waals surface area contributed by atoms with E-state index in [0.29, 0.717) is 11.8 Å². The zero-order chi connectivity index (χ0) is 42.2. The molecule has 60 heavy (non-hydrogen) atoms. The molecule has 318 valence electrons. The van der Waals surface area contributed by atoms with E-state index in [-0.39, 0.29) is 47.8 Å². The summed E-state index contributed by atoms with van der Waals surface area (Å²) in [5.74, 6) is 1.76. The number of methoxy groups -OCH3 is 2. The fourth-order valence-electron chi connectivity index (χ4n) is 10.3. The Morgan fingerprint density at radius 2 is 1.07 bits per heavy atom. The Labute approximate surface area is 351 Å². The van der Waals surface area contributed by atoms with Crippen molar-refractivity contribution in [2.24, 2.45) is 23.7 Å². The molecular formula is C46H58N8O6. The van der Waals surface area contributed by atoms with Crippen LogP contribution in [0.3, 0.4) is 0 Å². The molecule has 2 aromatic carbocycles. The van der Waals surface area contributed by atoms with E-state index < -0.39 is 24.3 Å². The van der Waals surface area contributed by atoms with Crippen molar-refractivity contribution in [3.8, 4) is 33.6 Å². The van der Waals surface area contributed by atoms with Crippen LogP contribution in [0.2, 0.25) is 0 Å². The summed E-state index contributed by atoms with van der Waals surface area (Å²) >= 11 is 0. The Morgan fingerprint density at radius 3 is 1.52 bits per heavy atom. The highest BCUT2D eigenvalue weighted by molar-refractivity contribution is 5.87. The van der Waals surface area contributed by atoms with Crippen LogP contribution in [0.4, 0.5) is 9.59 Å². The number of fused-ring (bicyclic) bond motifs is 6. The normalized spacial score (nSPS) is 24.3. The van der Waals surface area contributed by atoms with Crippen LogP contribution in [-0.2, 0) is 19.1 Å². The molecule has 14 heteroatoms. The van der Waals surface area contributed by atoms with E-state index in [1.54, 1.807) is 0 Å². The molecule has 2 aliphatic carbocycles. The van der Waals surface area contributed by atoms with Crippen LogP contribution in [0.15, 0.2) is 60.9 Å². The summed E-state index contributed by atoms with van der Waals surface area (Å²) in [6.45, 7) is 7.74. The summed E-state index contributed by atoms with van der Waals surface area (Å²) < 4.78 is 9.69. The van der Waals surface area contributed by atoms with Crippen molar-refractivity contribution in [1.82, 2.24) is 40.4 Å². The quantitative estimate of drug-likeness (QED) is 0.119. The number of hydrogen-bond acceptors (Lipinski definition) is 8. The minimum atomic E-state index is -0.686. The third-order valence-corrected chi connectivity index (χ3v) is 13.5. The number of nitrogens with one attached hydrogen (secondary N) is 4. The first kappa shape index (κ1) is 41.1. The lowest BCUT2D eigenvalue weighted by Gasteiger charge is -2.51. The molecule has 4 aliphatic heterocycles. The van der Waals surface area contributed by atoms with Gasteiger partial charge in [-0.2, -0.15) is 0 Å². The molecule has 10 rings (SSSR count). The summed E-state index contributed by atoms with van der Waals surface area (Å²) in [5.41, 5.74) is 5.80. The third-order valence-electron chi connectivity index (χ3n) is 13.5. The number of aromatic amines is 2. The van der Waals surface area contributed by atoms with Crippen molar-refractivity contribution >= 4 is 24.0 Å². The van der Waals surface area contributed by atoms with Crippen LogP contribution < -0.4 is 10.6 Å². The van der Waals surface area contributed by atoms with Gasteiger partial charge in [0.15, 0.2) is 0 Å². The van der Waals surface area contributed by atoms with Gasteiger partial charge in [0.1, 0.15) is 23.7 Å². The molecule has 4 atom stereocenters. The Kier molecular flexibility index (Phi) is 11.7. The van der Waals surface area contributed by atoms with Gasteiger partial charge in [-0.15, -0.1) is 0 Å². The van der Waals surface area contributed by atoms with Gasteiger partial charge in [0, 0.05) is 23.8 Å². The zero-order valence-corrected chi connectivity index (χ0v) is 35.4. The molecule has 4 saturated heterocycles. The lowest BCUT2D eigenvalue weighted by molar-refractivity contribution is -0.149. The molecule has 2 saturated carbocycles. The fourth-order valence-corrected chi connectivity index (χ4v) is 10.3. The largest absolute Gasteiger partial charge is 0.453 e. The number of carbonyl (C=O) groups is 4. The average molecular weight is 819 g/mol. The molecule has 4 amide bonds. The summed E-state index contributed by atoms with van der Waals surface area (Å²) in [5, 5.41) is 5.56. The van der Waals surface area contributed by atoms with Crippen molar-refractivity contribution in [2.75, 3.05) is 14.2 Å². The molecule has 4 N–H and O–H groups in total. The van der Waals surface area contributed by atoms with E-state index >= 15 is 0 Å². The Hall–Kier alpha value is -5.66. The van der Waals surface area contributed by atoms with E-state index in [1.165, 1.54) is 14.2 Å². The minimum Gasteiger partial charge on any atom is -0.453 e. The highest BCUT2D eigenvalue weighted by atomic mass is 16.5. The number of benzene rings is 2. The van der Waals surface area contributed by atoms with Crippen molar-refractivity contribution in [3.63, 3.8) is 0 Å². The highest BCUT2D eigenvalue weighted by Crippen LogP contribution is 2.49. The van der Waals surface area contributed by atoms with Crippen molar-refractivity contribution in [2.45, 2.75) is 115 Å². The number of carbonyl (C=O) groups excluding carboxylic acids is 4. The second-order valence-corrected chi connectivity index (χ2v) is 17.7. The van der Waals surface area contributed by atoms with Crippen molar-refractivity contribution in [3.05, 3.63) is 72.6 Å². The van der Waals surface area contributed by atoms with E-state index in [1.807, 2.05) is 49.9 Å². The van der Waals surface area contributed by atoms with Crippen molar-refractivity contribution in [1.29, 1.82) is 0 Å². The molecule has 6 heterocycles. The summed E-state index contributed by atoms with van der Waals surface area (Å²) in [6.07, 6.45) is 10.5. The number of ether oxygens (including phenoxy) is 2. The zero-order valence-electron chi connectivity index (χ0n) is 35.4. The van der Waals surface area contributed by atoms with E-state index in [4.69, 9.17) is 19.4 Å². The van der Waals surface area contributed by atoms with Gasteiger partial charge in [-0.1, -0.05) is 76.2 Å². The molecule has 2 aromatic heterocycles. The number of aromatic nitrogens is 4. The van der Waals surface area contributed by atoms with Crippen LogP contribution in [-0.4, -0.2) is 92.1 Å². The number of alkyl carbamates (subject to hydrolysis) is 2. The van der Waals surface area contributed by atoms with Gasteiger partial charge in [-0.3, -0.25) is 9.59 Å². The second-order valence-electron chi connectivity index (χ2n) is 17.7. The standard InChI is InChI=1S/C46H58N8O6/c1-25(2)37(51-45(57)59-5)43(55)53-33-19-15-31(16-20-33)39(53)41-47-23-35(49-41)29-11-7-27(8-12-29)28-9-13-30(14-10-28)36-24-48-42(50-36)40-32-17-21-34(22-18-32)54(40)44(56)38(26(3)4)52-46(58)60-6/h7-14,23-26,31-34,37-40H,15-22H2,1-6H3,(H,47,49)(H,48,50)(H,51,57)(H,52,58)/t31?,32?,33?,34?,37?,38?,39-,40?/m0/s1. The van der Waals surface area contributed by atoms with Crippen molar-refractivity contribution < 1.29 is 28.7 Å². The maximum atomic E-state index is 14.1. The van der Waals surface area contributed by atoms with Crippen LogP contribution in [0.1, 0.15) is 103 Å². The number of rotatable bonds is 11. The number of imidazole rings is 2. The van der Waals surface area contributed by atoms with E-state index in [9.17, 15) is 19.2 Å². The Morgan fingerprint density at radius 1 is 0.633 bits per heavy atom. The van der Waals surface area contributed by atoms with E-state index in [2.05, 4.69) is 69.1 Å². The molecule has 4 bridgehead atoms. The predicted molar refractivity (Wildman–Crippen MR) is 226 cm³/mol. The smallest absolute Gasteiger partial charge is 0.407 e. The van der Waals surface area contributed by atoms with Gasteiger partial charge < -0.3 is 39.9 Å². The monoisotopic (exact) mass is 818 g/mol. The van der Waals surface area contributed by atoms with Gasteiger partial charge in [0.05, 0.1) is 43.9 Å².